The van der Waals surface area contributed by atoms with Crippen LogP contribution in [0.2, 0.25) is 0 Å². The van der Waals surface area contributed by atoms with Gasteiger partial charge < -0.3 is 10.8 Å². The molecule has 0 aromatic rings. The molecular formula is C10H17NO2. The van der Waals surface area contributed by atoms with Crippen LogP contribution < -0.4 is 5.73 Å². The number of hydrogen-bond donors (Lipinski definition) is 2. The van der Waals surface area contributed by atoms with Crippen LogP contribution in [0.15, 0.2) is 0 Å². The van der Waals surface area contributed by atoms with Gasteiger partial charge >= 0.3 is 5.97 Å². The van der Waals surface area contributed by atoms with Crippen molar-refractivity contribution in [1.82, 2.24) is 0 Å². The van der Waals surface area contributed by atoms with Crippen LogP contribution in [-0.2, 0) is 4.79 Å². The molecule has 0 aromatic heterocycles. The molecule has 3 aliphatic rings. The maximum absolute atomic E-state index is 11.0. The fraction of sp³-hybridized carbons (Fsp3) is 0.900. The number of fused-ring (bicyclic) bond motifs is 2. The average molecular weight is 183 g/mol. The van der Waals surface area contributed by atoms with Crippen LogP contribution >= 0.6 is 0 Å². The Morgan fingerprint density at radius 1 is 1.46 bits per heavy atom. The molecule has 0 radical (unpaired) electrons. The maximum atomic E-state index is 11.0. The van der Waals surface area contributed by atoms with Crippen molar-refractivity contribution < 1.29 is 9.90 Å². The molecule has 74 valence electrons. The van der Waals surface area contributed by atoms with Gasteiger partial charge in [-0.2, -0.15) is 0 Å². The third-order valence-corrected chi connectivity index (χ3v) is 4.28. The molecule has 2 bridgehead atoms. The monoisotopic (exact) mass is 183 g/mol. The Balaban J connectivity index is 2.22. The number of hydrogen-bond acceptors (Lipinski definition) is 2. The summed E-state index contributed by atoms with van der Waals surface area (Å²) in [6.07, 6.45) is 1.96. The molecule has 3 heteroatoms. The topological polar surface area (TPSA) is 63.3 Å². The first-order valence-electron chi connectivity index (χ1n) is 4.93. The highest BCUT2D eigenvalue weighted by Gasteiger charge is 2.59. The number of carboxylic acid groups (broad SMARTS) is 1. The lowest BCUT2D eigenvalue weighted by Crippen LogP contribution is -2.61. The minimum Gasteiger partial charge on any atom is -0.481 e. The number of carboxylic acids is 1. The van der Waals surface area contributed by atoms with Gasteiger partial charge in [-0.25, -0.2) is 0 Å². The molecular weight excluding hydrogens is 166 g/mol. The normalized spacial score (nSPS) is 46.7. The van der Waals surface area contributed by atoms with Crippen LogP contribution in [0.4, 0.5) is 0 Å². The quantitative estimate of drug-likeness (QED) is 0.639. The molecule has 0 heterocycles. The van der Waals surface area contributed by atoms with E-state index in [0.29, 0.717) is 11.8 Å². The smallest absolute Gasteiger partial charge is 0.308 e. The number of carbonyl (C=O) groups is 1. The van der Waals surface area contributed by atoms with Gasteiger partial charge in [0.25, 0.3) is 0 Å². The van der Waals surface area contributed by atoms with E-state index >= 15 is 0 Å². The second-order valence-electron chi connectivity index (χ2n) is 5.12. The third-order valence-electron chi connectivity index (χ3n) is 4.28. The van der Waals surface area contributed by atoms with E-state index in [4.69, 9.17) is 10.8 Å². The van der Waals surface area contributed by atoms with Crippen molar-refractivity contribution in [3.63, 3.8) is 0 Å². The number of rotatable bonds is 1. The van der Waals surface area contributed by atoms with Gasteiger partial charge in [-0.1, -0.05) is 13.8 Å². The van der Waals surface area contributed by atoms with Crippen LogP contribution in [0.1, 0.15) is 26.7 Å². The predicted octanol–water partition coefficient (Wildman–Crippen LogP) is 1.08. The largest absolute Gasteiger partial charge is 0.481 e. The van der Waals surface area contributed by atoms with E-state index in [-0.39, 0.29) is 17.4 Å². The molecule has 0 aliphatic heterocycles. The van der Waals surface area contributed by atoms with Gasteiger partial charge in [0.15, 0.2) is 0 Å². The fourth-order valence-electron chi connectivity index (χ4n) is 3.19. The standard InChI is InChI=1S/C10H17NO2/c1-10(2)5-3-6(10)8(9(12)13)7(11)4-5/h5-8H,3-4,11H2,1-2H3,(H,12,13)/t5-,6+,7+,8+/m0/s1. The molecule has 3 saturated carbocycles. The van der Waals surface area contributed by atoms with E-state index < -0.39 is 5.97 Å². The first-order valence-corrected chi connectivity index (χ1v) is 4.93. The van der Waals surface area contributed by atoms with E-state index in [1.54, 1.807) is 0 Å². The van der Waals surface area contributed by atoms with E-state index in [2.05, 4.69) is 13.8 Å². The van der Waals surface area contributed by atoms with Crippen LogP contribution in [0.5, 0.6) is 0 Å². The summed E-state index contributed by atoms with van der Waals surface area (Å²) in [6.45, 7) is 4.35. The summed E-state index contributed by atoms with van der Waals surface area (Å²) in [7, 11) is 0. The van der Waals surface area contributed by atoms with Crippen LogP contribution in [0, 0.1) is 23.2 Å². The van der Waals surface area contributed by atoms with E-state index in [1.165, 1.54) is 0 Å². The Kier molecular flexibility index (Phi) is 1.71. The lowest BCUT2D eigenvalue weighted by atomic mass is 9.44. The second-order valence-corrected chi connectivity index (χ2v) is 5.12. The first-order chi connectivity index (χ1) is 5.94. The highest BCUT2D eigenvalue weighted by Crippen LogP contribution is 2.60. The molecule has 3 fully saturated rings. The van der Waals surface area contributed by atoms with Gasteiger partial charge in [0.2, 0.25) is 0 Å². The Labute approximate surface area is 78.3 Å². The Morgan fingerprint density at radius 3 is 2.46 bits per heavy atom. The van der Waals surface area contributed by atoms with Crippen molar-refractivity contribution in [3.8, 4) is 0 Å². The fourth-order valence-corrected chi connectivity index (χ4v) is 3.19. The number of nitrogens with two attached hydrogens (primary N) is 1. The average Bonchev–Trinajstić information content (AvgIpc) is 2.03. The van der Waals surface area contributed by atoms with Gasteiger partial charge in [-0.15, -0.1) is 0 Å². The lowest BCUT2D eigenvalue weighted by molar-refractivity contribution is -0.167. The summed E-state index contributed by atoms with van der Waals surface area (Å²) in [6, 6.07) is -0.116. The maximum Gasteiger partial charge on any atom is 0.308 e. The zero-order valence-corrected chi connectivity index (χ0v) is 8.16. The summed E-state index contributed by atoms with van der Waals surface area (Å²) in [5.41, 5.74) is 6.05. The molecule has 3 aliphatic carbocycles. The molecule has 0 unspecified atom stereocenters. The Hall–Kier alpha value is -0.570. The van der Waals surface area contributed by atoms with E-state index in [0.717, 1.165) is 12.8 Å². The van der Waals surface area contributed by atoms with Crippen molar-refractivity contribution >= 4 is 5.97 Å². The molecule has 4 atom stereocenters. The van der Waals surface area contributed by atoms with Gasteiger partial charge in [0.1, 0.15) is 0 Å². The minimum atomic E-state index is -0.705. The summed E-state index contributed by atoms with van der Waals surface area (Å²) in [4.78, 5) is 11.0. The van der Waals surface area contributed by atoms with E-state index in [1.807, 2.05) is 0 Å². The highest BCUT2D eigenvalue weighted by molar-refractivity contribution is 5.72. The van der Waals surface area contributed by atoms with Crippen LogP contribution in [-0.4, -0.2) is 17.1 Å². The van der Waals surface area contributed by atoms with Crippen molar-refractivity contribution in [1.29, 1.82) is 0 Å². The molecule has 0 aromatic carbocycles. The van der Waals surface area contributed by atoms with Gasteiger partial charge in [0.05, 0.1) is 5.92 Å². The Bertz CT molecular complexity index is 249. The highest BCUT2D eigenvalue weighted by atomic mass is 16.4. The van der Waals surface area contributed by atoms with Crippen molar-refractivity contribution in [2.75, 3.05) is 0 Å². The zero-order valence-electron chi connectivity index (χ0n) is 8.16. The van der Waals surface area contributed by atoms with Crippen LogP contribution in [0.3, 0.4) is 0 Å². The molecule has 13 heavy (non-hydrogen) atoms. The Morgan fingerprint density at radius 2 is 2.08 bits per heavy atom. The first kappa shape index (κ1) is 9.00. The predicted molar refractivity (Wildman–Crippen MR) is 49.1 cm³/mol. The summed E-state index contributed by atoms with van der Waals surface area (Å²) in [5, 5.41) is 9.06. The third kappa shape index (κ3) is 1.03. The van der Waals surface area contributed by atoms with Crippen molar-refractivity contribution in [2.24, 2.45) is 28.9 Å². The molecule has 0 saturated heterocycles. The molecule has 3 N–H and O–H groups in total. The minimum absolute atomic E-state index is 0.116. The lowest BCUT2D eigenvalue weighted by Gasteiger charge is -2.60. The number of aliphatic carboxylic acids is 1. The van der Waals surface area contributed by atoms with Gasteiger partial charge in [-0.3, -0.25) is 4.79 Å². The van der Waals surface area contributed by atoms with Crippen molar-refractivity contribution in [3.05, 3.63) is 0 Å². The summed E-state index contributed by atoms with van der Waals surface area (Å²) in [5.74, 6) is -0.0504. The van der Waals surface area contributed by atoms with Crippen molar-refractivity contribution in [2.45, 2.75) is 32.7 Å². The van der Waals surface area contributed by atoms with Gasteiger partial charge in [-0.05, 0) is 30.1 Å². The molecule has 3 rings (SSSR count). The molecule has 0 spiro atoms. The van der Waals surface area contributed by atoms with Gasteiger partial charge in [0, 0.05) is 6.04 Å². The van der Waals surface area contributed by atoms with Crippen LogP contribution in [0.25, 0.3) is 0 Å². The van der Waals surface area contributed by atoms with E-state index in [9.17, 15) is 4.79 Å². The second kappa shape index (κ2) is 2.47. The summed E-state index contributed by atoms with van der Waals surface area (Å²) < 4.78 is 0. The molecule has 3 nitrogen and oxygen atoms in total. The summed E-state index contributed by atoms with van der Waals surface area (Å²) >= 11 is 0. The molecule has 0 amide bonds. The SMILES string of the molecule is CC1(C)[C@@H]2C[C@@H](N)[C@H](C(=O)O)[C@H]1C2. The zero-order chi connectivity index (χ0) is 9.80.